The Morgan fingerprint density at radius 1 is 1.09 bits per heavy atom. The van der Waals surface area contributed by atoms with Gasteiger partial charge in [0.1, 0.15) is 5.57 Å². The van der Waals surface area contributed by atoms with Crippen LogP contribution < -0.4 is 10.2 Å². The smallest absolute Gasteiger partial charge is 0.335 e. The lowest BCUT2D eigenvalue weighted by Crippen LogP contribution is -2.54. The maximum Gasteiger partial charge on any atom is 0.335 e. The molecule has 2 N–H and O–H groups in total. The van der Waals surface area contributed by atoms with Gasteiger partial charge in [-0.3, -0.25) is 19.8 Å². The Kier molecular flexibility index (Phi) is 6.01. The van der Waals surface area contributed by atoms with Crippen LogP contribution in [0.25, 0.3) is 11.8 Å². The van der Waals surface area contributed by atoms with Crippen molar-refractivity contribution >= 4 is 62.8 Å². The number of para-hydroxylation sites is 1. The maximum atomic E-state index is 13.3. The van der Waals surface area contributed by atoms with Crippen LogP contribution in [0.4, 0.5) is 5.69 Å². The average Bonchev–Trinajstić information content (AvgIpc) is 3.04. The number of benzene rings is 2. The van der Waals surface area contributed by atoms with Crippen molar-refractivity contribution in [3.63, 3.8) is 0 Å². The summed E-state index contributed by atoms with van der Waals surface area (Å²) >= 11 is 8.78. The number of carboxylic acid groups (broad SMARTS) is 1. The lowest BCUT2D eigenvalue weighted by molar-refractivity contribution is -0.122. The second kappa shape index (κ2) is 8.76. The number of halogens is 1. The number of anilines is 1. The van der Waals surface area contributed by atoms with Gasteiger partial charge in [0.05, 0.1) is 16.9 Å². The predicted molar refractivity (Wildman–Crippen MR) is 133 cm³/mol. The number of carbonyl (C=O) groups excluding carboxylic acids is 2. The van der Waals surface area contributed by atoms with Crippen LogP contribution in [-0.4, -0.2) is 32.6 Å². The van der Waals surface area contributed by atoms with Gasteiger partial charge in [0, 0.05) is 15.9 Å². The molecule has 0 unspecified atom stereocenters. The number of aryl methyl sites for hydroxylation is 1. The molecule has 0 spiro atoms. The summed E-state index contributed by atoms with van der Waals surface area (Å²) in [5.74, 6) is -2.25. The van der Waals surface area contributed by atoms with Crippen LogP contribution in [0, 0.1) is 13.8 Å². The third-order valence-electron chi connectivity index (χ3n) is 5.34. The second-order valence-electron chi connectivity index (χ2n) is 7.42. The normalized spacial score (nSPS) is 15.2. The molecule has 0 bridgehead atoms. The fraction of sp³-hybridized carbons (Fsp3) is 0.0833. The number of carbonyl (C=O) groups is 3. The number of hydrogen-bond donors (Lipinski definition) is 2. The Balaban J connectivity index is 1.75. The van der Waals surface area contributed by atoms with E-state index < -0.39 is 17.8 Å². The molecule has 2 amide bonds. The van der Waals surface area contributed by atoms with E-state index >= 15 is 0 Å². The standard InChI is InChI=1S/C24H18BrN3O4S/c1-13-11-16(14(2)27(13)20-6-4-3-5-19(20)25)12-18-21(29)26-24(33)28(22(18)30)17-9-7-15(8-10-17)23(31)32/h3-12H,1-2H3,(H,31,32)(H,26,29,33)/b18-12+. The quantitative estimate of drug-likeness (QED) is 0.300. The van der Waals surface area contributed by atoms with Gasteiger partial charge in [-0.2, -0.15) is 0 Å². The minimum absolute atomic E-state index is 0.0658. The highest BCUT2D eigenvalue weighted by atomic mass is 79.9. The number of hydrogen-bond acceptors (Lipinski definition) is 4. The van der Waals surface area contributed by atoms with Crippen LogP contribution >= 0.6 is 28.1 Å². The van der Waals surface area contributed by atoms with Crippen molar-refractivity contribution in [2.24, 2.45) is 0 Å². The van der Waals surface area contributed by atoms with Gasteiger partial charge >= 0.3 is 5.97 Å². The number of amides is 2. The Bertz CT molecular complexity index is 1360. The number of aromatic carboxylic acids is 1. The number of aromatic nitrogens is 1. The van der Waals surface area contributed by atoms with Gasteiger partial charge in [-0.15, -0.1) is 0 Å². The minimum Gasteiger partial charge on any atom is -0.478 e. The average molecular weight is 524 g/mol. The highest BCUT2D eigenvalue weighted by Gasteiger charge is 2.34. The molecule has 1 aliphatic heterocycles. The van der Waals surface area contributed by atoms with Crippen molar-refractivity contribution in [1.82, 2.24) is 9.88 Å². The molecule has 166 valence electrons. The first-order chi connectivity index (χ1) is 15.7. The molecule has 0 atom stereocenters. The third-order valence-corrected chi connectivity index (χ3v) is 6.29. The van der Waals surface area contributed by atoms with E-state index in [1.165, 1.54) is 29.2 Å². The van der Waals surface area contributed by atoms with Crippen LogP contribution in [0.5, 0.6) is 0 Å². The summed E-state index contributed by atoms with van der Waals surface area (Å²) < 4.78 is 2.95. The van der Waals surface area contributed by atoms with Crippen molar-refractivity contribution in [2.45, 2.75) is 13.8 Å². The largest absolute Gasteiger partial charge is 0.478 e. The summed E-state index contributed by atoms with van der Waals surface area (Å²) in [6.07, 6.45) is 1.55. The molecule has 9 heteroatoms. The van der Waals surface area contributed by atoms with Crippen LogP contribution in [-0.2, 0) is 9.59 Å². The summed E-state index contributed by atoms with van der Waals surface area (Å²) in [7, 11) is 0. The van der Waals surface area contributed by atoms with Gasteiger partial charge in [0.15, 0.2) is 5.11 Å². The predicted octanol–water partition coefficient (Wildman–Crippen LogP) is 4.39. The monoisotopic (exact) mass is 523 g/mol. The summed E-state index contributed by atoms with van der Waals surface area (Å²) in [6, 6.07) is 15.4. The molecule has 0 aliphatic carbocycles. The fourth-order valence-electron chi connectivity index (χ4n) is 3.74. The molecule has 7 nitrogen and oxygen atoms in total. The van der Waals surface area contributed by atoms with E-state index in [4.69, 9.17) is 17.3 Å². The topological polar surface area (TPSA) is 91.6 Å². The molecule has 2 aromatic carbocycles. The third kappa shape index (κ3) is 4.12. The van der Waals surface area contributed by atoms with Gasteiger partial charge in [0.2, 0.25) is 0 Å². The van der Waals surface area contributed by atoms with Crippen molar-refractivity contribution in [3.8, 4) is 5.69 Å². The van der Waals surface area contributed by atoms with E-state index in [-0.39, 0.29) is 16.2 Å². The van der Waals surface area contributed by atoms with E-state index in [0.717, 1.165) is 27.1 Å². The van der Waals surface area contributed by atoms with Crippen LogP contribution in [0.2, 0.25) is 0 Å². The molecule has 2 heterocycles. The lowest BCUT2D eigenvalue weighted by atomic mass is 10.1. The van der Waals surface area contributed by atoms with E-state index in [2.05, 4.69) is 21.2 Å². The summed E-state index contributed by atoms with van der Waals surface area (Å²) in [5, 5.41) is 11.6. The highest BCUT2D eigenvalue weighted by molar-refractivity contribution is 9.10. The first-order valence-electron chi connectivity index (χ1n) is 9.87. The molecule has 0 radical (unpaired) electrons. The van der Waals surface area contributed by atoms with Gasteiger partial charge in [-0.05, 0) is 96.1 Å². The number of carboxylic acids is 1. The molecule has 0 saturated carbocycles. The lowest BCUT2D eigenvalue weighted by Gasteiger charge is -2.29. The van der Waals surface area contributed by atoms with Crippen molar-refractivity contribution in [1.29, 1.82) is 0 Å². The van der Waals surface area contributed by atoms with E-state index in [1.54, 1.807) is 6.08 Å². The number of thiocarbonyl (C=S) groups is 1. The van der Waals surface area contributed by atoms with Gasteiger partial charge in [-0.1, -0.05) is 12.1 Å². The zero-order chi connectivity index (χ0) is 23.9. The van der Waals surface area contributed by atoms with Crippen molar-refractivity contribution < 1.29 is 19.5 Å². The zero-order valence-electron chi connectivity index (χ0n) is 17.6. The van der Waals surface area contributed by atoms with E-state index in [9.17, 15) is 14.4 Å². The molecular formula is C24H18BrN3O4S. The van der Waals surface area contributed by atoms with Crippen LogP contribution in [0.1, 0.15) is 27.3 Å². The summed E-state index contributed by atoms with van der Waals surface area (Å²) in [4.78, 5) is 38.2. The maximum absolute atomic E-state index is 13.3. The minimum atomic E-state index is -1.08. The molecular weight excluding hydrogens is 506 g/mol. The fourth-order valence-corrected chi connectivity index (χ4v) is 4.48. The van der Waals surface area contributed by atoms with Crippen LogP contribution in [0.15, 0.2) is 64.6 Å². The molecule has 1 saturated heterocycles. The molecule has 1 fully saturated rings. The number of rotatable bonds is 4. The van der Waals surface area contributed by atoms with Crippen molar-refractivity contribution in [2.75, 3.05) is 4.90 Å². The Labute approximate surface area is 203 Å². The number of nitrogens with one attached hydrogen (secondary N) is 1. The second-order valence-corrected chi connectivity index (χ2v) is 8.66. The van der Waals surface area contributed by atoms with Gasteiger partial charge in [0.25, 0.3) is 11.8 Å². The highest BCUT2D eigenvalue weighted by Crippen LogP contribution is 2.29. The Morgan fingerprint density at radius 2 is 1.76 bits per heavy atom. The first kappa shape index (κ1) is 22.6. The molecule has 4 rings (SSSR count). The molecule has 1 aliphatic rings. The zero-order valence-corrected chi connectivity index (χ0v) is 20.0. The Morgan fingerprint density at radius 3 is 2.39 bits per heavy atom. The van der Waals surface area contributed by atoms with E-state index in [1.807, 2.05) is 48.7 Å². The van der Waals surface area contributed by atoms with Crippen molar-refractivity contribution in [3.05, 3.63) is 87.2 Å². The molecule has 33 heavy (non-hydrogen) atoms. The van der Waals surface area contributed by atoms with Crippen LogP contribution in [0.3, 0.4) is 0 Å². The molecule has 3 aromatic rings. The molecule has 1 aromatic heterocycles. The SMILES string of the molecule is Cc1cc(/C=C2\C(=O)NC(=S)N(c3ccc(C(=O)O)cc3)C2=O)c(C)n1-c1ccccc1Br. The van der Waals surface area contributed by atoms with E-state index in [0.29, 0.717) is 5.69 Å². The summed E-state index contributed by atoms with van der Waals surface area (Å²) in [5.41, 5.74) is 3.82. The van der Waals surface area contributed by atoms with Gasteiger partial charge < -0.3 is 9.67 Å². The number of nitrogens with zero attached hydrogens (tertiary/aromatic N) is 2. The summed E-state index contributed by atoms with van der Waals surface area (Å²) in [6.45, 7) is 3.86. The van der Waals surface area contributed by atoms with Gasteiger partial charge in [-0.25, -0.2) is 4.79 Å². The Hall–Kier alpha value is -3.56. The first-order valence-corrected chi connectivity index (χ1v) is 11.1.